The average Bonchev–Trinajstić information content (AvgIpc) is 2.31. The predicted octanol–water partition coefficient (Wildman–Crippen LogP) is -0.465. The highest BCUT2D eigenvalue weighted by Gasteiger charge is 2.26. The molecule has 1 aliphatic carbocycles. The van der Waals surface area contributed by atoms with E-state index in [1.807, 2.05) is 9.80 Å². The summed E-state index contributed by atoms with van der Waals surface area (Å²) < 4.78 is 0. The normalized spacial score (nSPS) is 35.6. The lowest BCUT2D eigenvalue weighted by Crippen LogP contribution is -3.29. The van der Waals surface area contributed by atoms with E-state index in [-0.39, 0.29) is 0 Å². The van der Waals surface area contributed by atoms with Gasteiger partial charge < -0.3 is 9.80 Å². The third-order valence-corrected chi connectivity index (χ3v) is 4.37. The van der Waals surface area contributed by atoms with Gasteiger partial charge in [0.1, 0.15) is 26.2 Å². The van der Waals surface area contributed by atoms with Crippen molar-refractivity contribution in [1.29, 1.82) is 0 Å². The lowest BCUT2D eigenvalue weighted by Gasteiger charge is -2.33. The van der Waals surface area contributed by atoms with Crippen molar-refractivity contribution in [2.45, 2.75) is 39.2 Å². The maximum absolute atomic E-state index is 2.39. The van der Waals surface area contributed by atoms with Crippen molar-refractivity contribution in [2.24, 2.45) is 5.92 Å². The van der Waals surface area contributed by atoms with Crippen molar-refractivity contribution in [3.63, 3.8) is 0 Å². The van der Waals surface area contributed by atoms with Gasteiger partial charge in [-0.15, -0.1) is 0 Å². The summed E-state index contributed by atoms with van der Waals surface area (Å²) in [5.74, 6) is 0.973. The van der Waals surface area contributed by atoms with Gasteiger partial charge >= 0.3 is 0 Å². The van der Waals surface area contributed by atoms with Crippen LogP contribution in [0.3, 0.4) is 0 Å². The molecule has 0 aromatic carbocycles. The summed E-state index contributed by atoms with van der Waals surface area (Å²) in [7, 11) is 0. The average molecular weight is 224 g/mol. The molecule has 2 rings (SSSR count). The molecule has 2 N–H and O–H groups in total. The third kappa shape index (κ3) is 3.33. The minimum Gasteiger partial charge on any atom is -0.325 e. The molecule has 1 heterocycles. The number of piperazine rings is 1. The number of allylic oxidation sites excluding steroid dienone is 2. The molecule has 0 saturated carbocycles. The Kier molecular flexibility index (Phi) is 4.42. The van der Waals surface area contributed by atoms with E-state index >= 15 is 0 Å². The standard InChI is InChI=1S/C14H26N2/c1-13(2)16-10-8-15(9-11-16)12-14-6-4-3-5-7-14/h3-4,13-14H,5-12H2,1-2H3/p+2/t14-/m1/s1. The van der Waals surface area contributed by atoms with E-state index in [1.165, 1.54) is 52.0 Å². The molecular formula is C14H28N2+2. The molecule has 1 aliphatic heterocycles. The molecule has 1 atom stereocenters. The summed E-state index contributed by atoms with van der Waals surface area (Å²) in [6.07, 6.45) is 8.84. The lowest BCUT2D eigenvalue weighted by atomic mass is 9.94. The molecule has 1 fully saturated rings. The van der Waals surface area contributed by atoms with E-state index in [9.17, 15) is 0 Å². The van der Waals surface area contributed by atoms with Gasteiger partial charge in [-0.1, -0.05) is 12.2 Å². The van der Waals surface area contributed by atoms with Crippen LogP contribution < -0.4 is 9.80 Å². The molecule has 0 amide bonds. The maximum atomic E-state index is 2.39. The highest BCUT2D eigenvalue weighted by atomic mass is 15.3. The molecule has 0 unspecified atom stereocenters. The zero-order valence-electron chi connectivity index (χ0n) is 11.0. The van der Waals surface area contributed by atoms with Crippen molar-refractivity contribution in [3.05, 3.63) is 12.2 Å². The number of nitrogens with one attached hydrogen (secondary N) is 2. The van der Waals surface area contributed by atoms with Gasteiger partial charge in [-0.2, -0.15) is 0 Å². The van der Waals surface area contributed by atoms with E-state index in [2.05, 4.69) is 26.0 Å². The van der Waals surface area contributed by atoms with Gasteiger partial charge in [-0.3, -0.25) is 0 Å². The Hall–Kier alpha value is -0.340. The fourth-order valence-corrected chi connectivity index (χ4v) is 3.16. The maximum Gasteiger partial charge on any atom is 0.127 e. The van der Waals surface area contributed by atoms with E-state index in [4.69, 9.17) is 0 Å². The third-order valence-electron chi connectivity index (χ3n) is 4.37. The van der Waals surface area contributed by atoms with Crippen LogP contribution >= 0.6 is 0 Å². The molecule has 2 nitrogen and oxygen atoms in total. The quantitative estimate of drug-likeness (QED) is 0.600. The van der Waals surface area contributed by atoms with Gasteiger partial charge in [0, 0.05) is 5.92 Å². The molecule has 1 saturated heterocycles. The first-order valence-corrected chi connectivity index (χ1v) is 7.09. The summed E-state index contributed by atoms with van der Waals surface area (Å²) in [4.78, 5) is 3.68. The first kappa shape index (κ1) is 12.1. The Morgan fingerprint density at radius 1 is 1.12 bits per heavy atom. The van der Waals surface area contributed by atoms with Crippen LogP contribution in [-0.2, 0) is 0 Å². The van der Waals surface area contributed by atoms with E-state index < -0.39 is 0 Å². The van der Waals surface area contributed by atoms with Gasteiger partial charge in [-0.05, 0) is 33.1 Å². The highest BCUT2D eigenvalue weighted by Crippen LogP contribution is 2.15. The topological polar surface area (TPSA) is 8.88 Å². The summed E-state index contributed by atoms with van der Waals surface area (Å²) >= 11 is 0. The monoisotopic (exact) mass is 224 g/mol. The Bertz CT molecular complexity index is 227. The first-order valence-electron chi connectivity index (χ1n) is 7.09. The van der Waals surface area contributed by atoms with E-state index in [0.717, 1.165) is 12.0 Å². The van der Waals surface area contributed by atoms with Gasteiger partial charge in [-0.25, -0.2) is 0 Å². The van der Waals surface area contributed by atoms with Gasteiger partial charge in [0.25, 0.3) is 0 Å². The van der Waals surface area contributed by atoms with Gasteiger partial charge in [0.15, 0.2) is 0 Å². The molecule has 2 heteroatoms. The van der Waals surface area contributed by atoms with Crippen LogP contribution in [0, 0.1) is 5.92 Å². The summed E-state index contributed by atoms with van der Waals surface area (Å²) in [5.41, 5.74) is 0. The Morgan fingerprint density at radius 3 is 2.44 bits per heavy atom. The van der Waals surface area contributed by atoms with Gasteiger partial charge in [0.2, 0.25) is 0 Å². The second-order valence-corrected chi connectivity index (χ2v) is 5.92. The van der Waals surface area contributed by atoms with Crippen LogP contribution in [-0.4, -0.2) is 38.8 Å². The minimum absolute atomic E-state index is 0.819. The minimum atomic E-state index is 0.819. The molecule has 0 aromatic heterocycles. The Balaban J connectivity index is 1.70. The Morgan fingerprint density at radius 2 is 1.88 bits per heavy atom. The molecule has 2 aliphatic rings. The second-order valence-electron chi connectivity index (χ2n) is 5.92. The van der Waals surface area contributed by atoms with Crippen molar-refractivity contribution in [2.75, 3.05) is 32.7 Å². The largest absolute Gasteiger partial charge is 0.325 e. The summed E-state index contributed by atoms with van der Waals surface area (Å²) in [5, 5.41) is 0. The number of hydrogen-bond donors (Lipinski definition) is 2. The smallest absolute Gasteiger partial charge is 0.127 e. The Labute approximate surface area is 100 Å². The molecule has 16 heavy (non-hydrogen) atoms. The predicted molar refractivity (Wildman–Crippen MR) is 67.9 cm³/mol. The fraction of sp³-hybridized carbons (Fsp3) is 0.857. The molecule has 92 valence electrons. The zero-order valence-corrected chi connectivity index (χ0v) is 11.0. The fourth-order valence-electron chi connectivity index (χ4n) is 3.16. The molecular weight excluding hydrogens is 196 g/mol. The van der Waals surface area contributed by atoms with Crippen LogP contribution in [0.4, 0.5) is 0 Å². The number of hydrogen-bond acceptors (Lipinski definition) is 0. The molecule has 0 aromatic rings. The van der Waals surface area contributed by atoms with Crippen LogP contribution in [0.1, 0.15) is 33.1 Å². The number of quaternary nitrogens is 2. The van der Waals surface area contributed by atoms with E-state index in [0.29, 0.717) is 0 Å². The molecule has 0 bridgehead atoms. The zero-order chi connectivity index (χ0) is 11.4. The van der Waals surface area contributed by atoms with Crippen LogP contribution in [0.5, 0.6) is 0 Å². The van der Waals surface area contributed by atoms with Crippen LogP contribution in [0.15, 0.2) is 12.2 Å². The van der Waals surface area contributed by atoms with Crippen LogP contribution in [0.25, 0.3) is 0 Å². The van der Waals surface area contributed by atoms with E-state index in [1.54, 1.807) is 0 Å². The van der Waals surface area contributed by atoms with Crippen molar-refractivity contribution in [3.8, 4) is 0 Å². The SMILES string of the molecule is CC(C)[NH+]1CC[NH+](C[C@@H]2CC=CCC2)CC1. The highest BCUT2D eigenvalue weighted by molar-refractivity contribution is 4.89. The second kappa shape index (κ2) is 5.83. The van der Waals surface area contributed by atoms with Crippen LogP contribution in [0.2, 0.25) is 0 Å². The summed E-state index contributed by atoms with van der Waals surface area (Å²) in [6, 6.07) is 0.819. The lowest BCUT2D eigenvalue weighted by molar-refractivity contribution is -1.02. The number of rotatable bonds is 3. The molecule has 0 spiro atoms. The first-order chi connectivity index (χ1) is 7.75. The van der Waals surface area contributed by atoms with Gasteiger partial charge in [0.05, 0.1) is 12.6 Å². The van der Waals surface area contributed by atoms with Crippen molar-refractivity contribution in [1.82, 2.24) is 0 Å². The molecule has 0 radical (unpaired) electrons. The van der Waals surface area contributed by atoms with Crippen molar-refractivity contribution < 1.29 is 9.80 Å². The van der Waals surface area contributed by atoms with Crippen molar-refractivity contribution >= 4 is 0 Å². The summed E-state index contributed by atoms with van der Waals surface area (Å²) in [6.45, 7) is 11.7.